The maximum absolute atomic E-state index is 6.31. The van der Waals surface area contributed by atoms with E-state index < -0.39 is 6.29 Å². The predicted molar refractivity (Wildman–Crippen MR) is 110 cm³/mol. The van der Waals surface area contributed by atoms with Crippen LogP contribution in [0.4, 0.5) is 0 Å². The van der Waals surface area contributed by atoms with Crippen LogP contribution in [0, 0.1) is 0 Å². The van der Waals surface area contributed by atoms with Crippen LogP contribution in [0.2, 0.25) is 0 Å². The van der Waals surface area contributed by atoms with E-state index in [2.05, 4.69) is 30.8 Å². The highest BCUT2D eigenvalue weighted by Gasteiger charge is 2.46. The molecule has 4 nitrogen and oxygen atoms in total. The molecule has 4 atom stereocenters. The summed E-state index contributed by atoms with van der Waals surface area (Å²) in [6.07, 6.45) is 3.83. The molecule has 2 aromatic carbocycles. The Morgan fingerprint density at radius 3 is 2.00 bits per heavy atom. The summed E-state index contributed by atoms with van der Waals surface area (Å²) in [5, 5.41) is 0. The Bertz CT molecular complexity index is 688. The average Bonchev–Trinajstić information content (AvgIpc) is 3.09. The zero-order chi connectivity index (χ0) is 19.6. The number of methoxy groups -OCH3 is 1. The highest BCUT2D eigenvalue weighted by molar-refractivity contribution is 5.14. The minimum Gasteiger partial charge on any atom is -0.368 e. The zero-order valence-electron chi connectivity index (χ0n) is 16.5. The summed E-state index contributed by atoms with van der Waals surface area (Å²) in [5.41, 5.74) is 2.25. The van der Waals surface area contributed by atoms with E-state index in [1.165, 1.54) is 0 Å². The fourth-order valence-electron chi connectivity index (χ4n) is 3.49. The molecule has 0 aromatic heterocycles. The molecule has 0 N–H and O–H groups in total. The Hall–Kier alpha value is -1.98. The van der Waals surface area contributed by atoms with Gasteiger partial charge in [-0.2, -0.15) is 0 Å². The second-order valence-electron chi connectivity index (χ2n) is 7.02. The molecule has 1 saturated heterocycles. The zero-order valence-corrected chi connectivity index (χ0v) is 16.5. The van der Waals surface area contributed by atoms with Crippen molar-refractivity contribution in [2.45, 2.75) is 57.1 Å². The van der Waals surface area contributed by atoms with Crippen LogP contribution in [0.25, 0.3) is 0 Å². The molecule has 4 heteroatoms. The van der Waals surface area contributed by atoms with Gasteiger partial charge < -0.3 is 18.9 Å². The van der Waals surface area contributed by atoms with Gasteiger partial charge in [-0.05, 0) is 30.4 Å². The summed E-state index contributed by atoms with van der Waals surface area (Å²) in [6.45, 7) is 4.83. The second kappa shape index (κ2) is 11.1. The Kier molecular flexibility index (Phi) is 8.24. The lowest BCUT2D eigenvalue weighted by Gasteiger charge is -2.24. The molecule has 0 saturated carbocycles. The van der Waals surface area contributed by atoms with Crippen molar-refractivity contribution < 1.29 is 18.9 Å². The lowest BCUT2D eigenvalue weighted by molar-refractivity contribution is -0.167. The third-order valence-corrected chi connectivity index (χ3v) is 4.97. The average molecular weight is 383 g/mol. The molecule has 1 fully saturated rings. The fraction of sp³-hybridized carbons (Fsp3) is 0.417. The number of unbranched alkanes of at least 4 members (excludes halogenated alkanes) is 1. The molecular weight excluding hydrogens is 352 g/mol. The molecule has 1 heterocycles. The Balaban J connectivity index is 1.68. The fourth-order valence-corrected chi connectivity index (χ4v) is 3.49. The molecule has 150 valence electrons. The van der Waals surface area contributed by atoms with Crippen LogP contribution in [0.1, 0.15) is 30.4 Å². The van der Waals surface area contributed by atoms with E-state index >= 15 is 0 Å². The molecule has 0 radical (unpaired) electrons. The molecule has 0 bridgehead atoms. The lowest BCUT2D eigenvalue weighted by atomic mass is 10.0. The van der Waals surface area contributed by atoms with Crippen molar-refractivity contribution in [1.82, 2.24) is 0 Å². The summed E-state index contributed by atoms with van der Waals surface area (Å²) in [4.78, 5) is 0. The number of ether oxygens (including phenoxy) is 4. The predicted octanol–water partition coefficient (Wildman–Crippen LogP) is 4.88. The van der Waals surface area contributed by atoms with E-state index in [0.29, 0.717) is 13.2 Å². The first-order valence-corrected chi connectivity index (χ1v) is 9.92. The second-order valence-corrected chi connectivity index (χ2v) is 7.02. The monoisotopic (exact) mass is 382 g/mol. The molecule has 0 spiro atoms. The van der Waals surface area contributed by atoms with Crippen molar-refractivity contribution >= 4 is 0 Å². The van der Waals surface area contributed by atoms with Gasteiger partial charge in [0.15, 0.2) is 6.29 Å². The smallest absolute Gasteiger partial charge is 0.186 e. The first kappa shape index (κ1) is 20.7. The highest BCUT2D eigenvalue weighted by atomic mass is 16.7. The van der Waals surface area contributed by atoms with Crippen molar-refractivity contribution in [3.8, 4) is 0 Å². The standard InChI is InChI=1S/C24H30O4/c1-3-4-7-16-21-22(26-17-19-12-8-5-9-13-19)23(24(25-2)28-21)27-18-20-14-10-6-11-15-20/h3,5-6,8-15,21-24H,1,4,7,16-18H2,2H3/t21-,22+,23-,24?/m1/s1. The minimum absolute atomic E-state index is 0.0608. The quantitative estimate of drug-likeness (QED) is 0.410. The largest absolute Gasteiger partial charge is 0.368 e. The summed E-state index contributed by atoms with van der Waals surface area (Å²) < 4.78 is 24.3. The molecule has 0 aliphatic carbocycles. The lowest BCUT2D eigenvalue weighted by Crippen LogP contribution is -2.38. The molecule has 28 heavy (non-hydrogen) atoms. The maximum Gasteiger partial charge on any atom is 0.186 e. The van der Waals surface area contributed by atoms with Gasteiger partial charge in [-0.1, -0.05) is 66.7 Å². The normalized spacial score (nSPS) is 24.3. The summed E-state index contributed by atoms with van der Waals surface area (Å²) in [7, 11) is 1.66. The van der Waals surface area contributed by atoms with Crippen molar-refractivity contribution in [2.75, 3.05) is 7.11 Å². The first-order chi connectivity index (χ1) is 13.8. The Labute approximate surface area is 168 Å². The van der Waals surface area contributed by atoms with E-state index in [-0.39, 0.29) is 18.3 Å². The van der Waals surface area contributed by atoms with Gasteiger partial charge in [0, 0.05) is 7.11 Å². The molecular formula is C24H30O4. The van der Waals surface area contributed by atoms with Crippen LogP contribution >= 0.6 is 0 Å². The number of hydrogen-bond donors (Lipinski definition) is 0. The third-order valence-electron chi connectivity index (χ3n) is 4.97. The van der Waals surface area contributed by atoms with Gasteiger partial charge in [0.1, 0.15) is 12.2 Å². The summed E-state index contributed by atoms with van der Waals surface area (Å²) in [5.74, 6) is 0. The first-order valence-electron chi connectivity index (χ1n) is 9.92. The van der Waals surface area contributed by atoms with Gasteiger partial charge in [-0.25, -0.2) is 0 Å². The van der Waals surface area contributed by atoms with E-state index in [4.69, 9.17) is 18.9 Å². The van der Waals surface area contributed by atoms with Crippen LogP contribution in [-0.2, 0) is 32.2 Å². The van der Waals surface area contributed by atoms with E-state index in [9.17, 15) is 0 Å². The van der Waals surface area contributed by atoms with E-state index in [1.807, 2.05) is 42.5 Å². The summed E-state index contributed by atoms with van der Waals surface area (Å²) in [6, 6.07) is 20.3. The Morgan fingerprint density at radius 1 is 0.893 bits per heavy atom. The van der Waals surface area contributed by atoms with Crippen molar-refractivity contribution in [3.63, 3.8) is 0 Å². The van der Waals surface area contributed by atoms with Crippen LogP contribution in [0.3, 0.4) is 0 Å². The van der Waals surface area contributed by atoms with E-state index in [1.54, 1.807) is 7.11 Å². The Morgan fingerprint density at radius 2 is 1.46 bits per heavy atom. The SMILES string of the molecule is C=CCCC[C@H]1OC(OC)[C@H](OCc2ccccc2)[C@H]1OCc1ccccc1. The van der Waals surface area contributed by atoms with Gasteiger partial charge >= 0.3 is 0 Å². The van der Waals surface area contributed by atoms with Gasteiger partial charge in [-0.3, -0.25) is 0 Å². The highest BCUT2D eigenvalue weighted by Crippen LogP contribution is 2.31. The van der Waals surface area contributed by atoms with Crippen LogP contribution in [-0.4, -0.2) is 31.7 Å². The summed E-state index contributed by atoms with van der Waals surface area (Å²) >= 11 is 0. The molecule has 2 aromatic rings. The third kappa shape index (κ3) is 5.76. The van der Waals surface area contributed by atoms with Crippen molar-refractivity contribution in [1.29, 1.82) is 0 Å². The van der Waals surface area contributed by atoms with Gasteiger partial charge in [-0.15, -0.1) is 6.58 Å². The molecule has 1 aliphatic rings. The van der Waals surface area contributed by atoms with Crippen LogP contribution in [0.5, 0.6) is 0 Å². The van der Waals surface area contributed by atoms with Crippen molar-refractivity contribution in [3.05, 3.63) is 84.4 Å². The van der Waals surface area contributed by atoms with Crippen LogP contribution < -0.4 is 0 Å². The molecule has 1 unspecified atom stereocenters. The van der Waals surface area contributed by atoms with Crippen molar-refractivity contribution in [2.24, 2.45) is 0 Å². The van der Waals surface area contributed by atoms with E-state index in [0.717, 1.165) is 30.4 Å². The number of hydrogen-bond acceptors (Lipinski definition) is 4. The van der Waals surface area contributed by atoms with Gasteiger partial charge in [0.05, 0.1) is 19.3 Å². The number of benzene rings is 2. The topological polar surface area (TPSA) is 36.9 Å². The minimum atomic E-state index is -0.432. The number of allylic oxidation sites excluding steroid dienone is 1. The van der Waals surface area contributed by atoms with Gasteiger partial charge in [0.25, 0.3) is 0 Å². The van der Waals surface area contributed by atoms with Gasteiger partial charge in [0.2, 0.25) is 0 Å². The molecule has 0 amide bonds. The molecule has 1 aliphatic heterocycles. The number of rotatable bonds is 11. The maximum atomic E-state index is 6.31. The molecule has 3 rings (SSSR count). The van der Waals surface area contributed by atoms with Crippen LogP contribution in [0.15, 0.2) is 73.3 Å².